The average molecular weight is 451 g/mol. The molecule has 1 unspecified atom stereocenters. The molecule has 2 aliphatic rings. The fourth-order valence-corrected chi connectivity index (χ4v) is 4.88. The number of fused-ring (bicyclic) bond motifs is 3. The predicted molar refractivity (Wildman–Crippen MR) is 124 cm³/mol. The lowest BCUT2D eigenvalue weighted by atomic mass is 9.74. The zero-order chi connectivity index (χ0) is 23.6. The molecule has 174 valence electrons. The molecular weight excluding hydrogens is 420 g/mol. The summed E-state index contributed by atoms with van der Waals surface area (Å²) in [5.41, 5.74) is 3.66. The van der Waals surface area contributed by atoms with Crippen LogP contribution in [0.1, 0.15) is 43.7 Å². The molecule has 7 nitrogen and oxygen atoms in total. The second-order valence-corrected chi connectivity index (χ2v) is 9.38. The summed E-state index contributed by atoms with van der Waals surface area (Å²) in [5, 5.41) is 12.0. The molecule has 1 fully saturated rings. The van der Waals surface area contributed by atoms with Gasteiger partial charge in [-0.2, -0.15) is 0 Å². The summed E-state index contributed by atoms with van der Waals surface area (Å²) in [6, 6.07) is 16.2. The maximum atomic E-state index is 12.6. The number of benzene rings is 2. The normalized spacial score (nSPS) is 17.8. The summed E-state index contributed by atoms with van der Waals surface area (Å²) in [4.78, 5) is 38.2. The summed E-state index contributed by atoms with van der Waals surface area (Å²) in [7, 11) is 0. The number of rotatable bonds is 6. The molecule has 0 aromatic heterocycles. The van der Waals surface area contributed by atoms with Crippen LogP contribution in [-0.4, -0.2) is 54.2 Å². The number of nitrogens with one attached hydrogen (secondary N) is 1. The first kappa shape index (κ1) is 22.8. The molecule has 0 saturated carbocycles. The summed E-state index contributed by atoms with van der Waals surface area (Å²) in [6.45, 7) is 4.36. The van der Waals surface area contributed by atoms with Gasteiger partial charge in [0.25, 0.3) is 0 Å². The molecule has 2 N–H and O–H groups in total. The SMILES string of the molecule is CC(C)(C(=O)O)C1CCCN(C(=O)CNC(=O)OCC2c3ccccc3-c3ccccc32)C1. The lowest BCUT2D eigenvalue weighted by Gasteiger charge is -2.39. The van der Waals surface area contributed by atoms with Crippen LogP contribution in [0.15, 0.2) is 48.5 Å². The average Bonchev–Trinajstić information content (AvgIpc) is 3.15. The van der Waals surface area contributed by atoms with Gasteiger partial charge in [0.05, 0.1) is 5.41 Å². The standard InChI is InChI=1S/C26H30N2O5/c1-26(2,24(30)31)17-8-7-13-28(15-17)23(29)14-27-25(32)33-16-22-20-11-5-3-9-18(20)19-10-4-6-12-21(19)22/h3-6,9-12,17,22H,7-8,13-16H2,1-2H3,(H,27,32)(H,30,31). The van der Waals surface area contributed by atoms with Crippen molar-refractivity contribution in [2.75, 3.05) is 26.2 Å². The van der Waals surface area contributed by atoms with Crippen molar-refractivity contribution in [2.24, 2.45) is 11.3 Å². The van der Waals surface area contributed by atoms with Crippen molar-refractivity contribution < 1.29 is 24.2 Å². The summed E-state index contributed by atoms with van der Waals surface area (Å²) in [6.07, 6.45) is 0.880. The van der Waals surface area contributed by atoms with Gasteiger partial charge in [-0.25, -0.2) is 4.79 Å². The second-order valence-electron chi connectivity index (χ2n) is 9.38. The number of likely N-dealkylation sites (tertiary alicyclic amines) is 1. The maximum Gasteiger partial charge on any atom is 0.407 e. The lowest BCUT2D eigenvalue weighted by molar-refractivity contribution is -0.153. The van der Waals surface area contributed by atoms with E-state index in [0.717, 1.165) is 35.1 Å². The first-order valence-corrected chi connectivity index (χ1v) is 11.4. The van der Waals surface area contributed by atoms with Gasteiger partial charge in [-0.05, 0) is 54.9 Å². The number of nitrogens with zero attached hydrogens (tertiary/aromatic N) is 1. The van der Waals surface area contributed by atoms with Gasteiger partial charge in [0.2, 0.25) is 5.91 Å². The number of hydrogen-bond donors (Lipinski definition) is 2. The number of alkyl carbamates (subject to hydrolysis) is 1. The third kappa shape index (κ3) is 4.58. The predicted octanol–water partition coefficient (Wildman–Crippen LogP) is 3.87. The number of ether oxygens (including phenoxy) is 1. The Bertz CT molecular complexity index is 1020. The quantitative estimate of drug-likeness (QED) is 0.696. The van der Waals surface area contributed by atoms with E-state index >= 15 is 0 Å². The number of piperidine rings is 1. The summed E-state index contributed by atoms with van der Waals surface area (Å²) < 4.78 is 5.49. The molecule has 33 heavy (non-hydrogen) atoms. The van der Waals surface area contributed by atoms with Crippen molar-refractivity contribution in [1.29, 1.82) is 0 Å². The highest BCUT2D eigenvalue weighted by Crippen LogP contribution is 2.44. The molecule has 1 saturated heterocycles. The van der Waals surface area contributed by atoms with E-state index < -0.39 is 17.5 Å². The zero-order valence-corrected chi connectivity index (χ0v) is 19.0. The minimum Gasteiger partial charge on any atom is -0.481 e. The van der Waals surface area contributed by atoms with Crippen LogP contribution in [-0.2, 0) is 14.3 Å². The van der Waals surface area contributed by atoms with E-state index in [-0.39, 0.29) is 30.9 Å². The summed E-state index contributed by atoms with van der Waals surface area (Å²) in [5.74, 6) is -1.25. The number of amides is 2. The van der Waals surface area contributed by atoms with Gasteiger partial charge < -0.3 is 20.1 Å². The van der Waals surface area contributed by atoms with Crippen LogP contribution in [0.25, 0.3) is 11.1 Å². The number of carboxylic acids is 1. The van der Waals surface area contributed by atoms with Crippen molar-refractivity contribution in [1.82, 2.24) is 10.2 Å². The third-order valence-electron chi connectivity index (χ3n) is 7.07. The van der Waals surface area contributed by atoms with Gasteiger partial charge in [0, 0.05) is 19.0 Å². The third-order valence-corrected chi connectivity index (χ3v) is 7.07. The fraction of sp³-hybridized carbons (Fsp3) is 0.423. The monoisotopic (exact) mass is 450 g/mol. The van der Waals surface area contributed by atoms with Crippen LogP contribution in [0, 0.1) is 11.3 Å². The van der Waals surface area contributed by atoms with E-state index in [4.69, 9.17) is 4.74 Å². The van der Waals surface area contributed by atoms with E-state index in [1.165, 1.54) is 0 Å². The second kappa shape index (κ2) is 9.25. The maximum absolute atomic E-state index is 12.6. The highest BCUT2D eigenvalue weighted by atomic mass is 16.5. The van der Waals surface area contributed by atoms with Crippen molar-refractivity contribution >= 4 is 18.0 Å². The Labute approximate surface area is 193 Å². The van der Waals surface area contributed by atoms with E-state index in [1.54, 1.807) is 18.7 Å². The van der Waals surface area contributed by atoms with Gasteiger partial charge in [-0.3, -0.25) is 9.59 Å². The molecular formula is C26H30N2O5. The largest absolute Gasteiger partial charge is 0.481 e. The number of hydrogen-bond acceptors (Lipinski definition) is 4. The Kier molecular flexibility index (Phi) is 6.40. The molecule has 0 spiro atoms. The van der Waals surface area contributed by atoms with Crippen molar-refractivity contribution in [3.05, 3.63) is 59.7 Å². The molecule has 0 radical (unpaired) electrons. The minimum atomic E-state index is -0.904. The molecule has 7 heteroatoms. The van der Waals surface area contributed by atoms with E-state index in [1.807, 2.05) is 24.3 Å². The minimum absolute atomic E-state index is 0.0417. The highest BCUT2D eigenvalue weighted by molar-refractivity contribution is 5.83. The first-order chi connectivity index (χ1) is 15.8. The molecule has 0 bridgehead atoms. The Morgan fingerprint density at radius 2 is 1.67 bits per heavy atom. The number of carbonyl (C=O) groups excluding carboxylic acids is 2. The Morgan fingerprint density at radius 3 is 2.27 bits per heavy atom. The number of carboxylic acid groups (broad SMARTS) is 1. The molecule has 2 aromatic rings. The molecule has 2 aromatic carbocycles. The molecule has 1 heterocycles. The van der Waals surface area contributed by atoms with Crippen molar-refractivity contribution in [2.45, 2.75) is 32.6 Å². The molecule has 1 atom stereocenters. The molecule has 1 aliphatic carbocycles. The van der Waals surface area contributed by atoms with Crippen LogP contribution in [0.2, 0.25) is 0 Å². The smallest absolute Gasteiger partial charge is 0.407 e. The molecule has 4 rings (SSSR count). The molecule has 1 aliphatic heterocycles. The Hall–Kier alpha value is -3.35. The zero-order valence-electron chi connectivity index (χ0n) is 19.0. The van der Waals surface area contributed by atoms with E-state index in [2.05, 4.69) is 29.6 Å². The van der Waals surface area contributed by atoms with E-state index in [0.29, 0.717) is 13.1 Å². The van der Waals surface area contributed by atoms with Crippen LogP contribution in [0.4, 0.5) is 4.79 Å². The summed E-state index contributed by atoms with van der Waals surface area (Å²) >= 11 is 0. The van der Waals surface area contributed by atoms with Gasteiger partial charge >= 0.3 is 12.1 Å². The topological polar surface area (TPSA) is 95.9 Å². The fourth-order valence-electron chi connectivity index (χ4n) is 4.88. The highest BCUT2D eigenvalue weighted by Gasteiger charge is 2.40. The van der Waals surface area contributed by atoms with Crippen LogP contribution >= 0.6 is 0 Å². The lowest BCUT2D eigenvalue weighted by Crippen LogP contribution is -2.49. The van der Waals surface area contributed by atoms with Crippen LogP contribution in [0.3, 0.4) is 0 Å². The van der Waals surface area contributed by atoms with Gasteiger partial charge in [-0.15, -0.1) is 0 Å². The van der Waals surface area contributed by atoms with Crippen molar-refractivity contribution in [3.8, 4) is 11.1 Å². The first-order valence-electron chi connectivity index (χ1n) is 11.4. The van der Waals surface area contributed by atoms with Crippen LogP contribution in [0.5, 0.6) is 0 Å². The van der Waals surface area contributed by atoms with Gasteiger partial charge in [-0.1, -0.05) is 48.5 Å². The number of carbonyl (C=O) groups is 3. The molecule has 2 amide bonds. The Balaban J connectivity index is 1.31. The van der Waals surface area contributed by atoms with Gasteiger partial charge in [0.1, 0.15) is 13.2 Å². The number of aliphatic carboxylic acids is 1. The van der Waals surface area contributed by atoms with Crippen molar-refractivity contribution in [3.63, 3.8) is 0 Å². The Morgan fingerprint density at radius 1 is 1.06 bits per heavy atom. The van der Waals surface area contributed by atoms with E-state index in [9.17, 15) is 19.5 Å². The van der Waals surface area contributed by atoms with Gasteiger partial charge in [0.15, 0.2) is 0 Å². The van der Waals surface area contributed by atoms with Crippen LogP contribution < -0.4 is 5.32 Å².